The molecule has 0 aliphatic carbocycles. The molecule has 1 aromatic carbocycles. The number of carbonyl (C=O) groups is 2. The summed E-state index contributed by atoms with van der Waals surface area (Å²) in [6, 6.07) is 5.58. The lowest BCUT2D eigenvalue weighted by atomic mass is 10.1. The number of anilines is 1. The normalized spacial score (nSPS) is 10.1. The lowest BCUT2D eigenvalue weighted by molar-refractivity contribution is -0.137. The lowest BCUT2D eigenvalue weighted by Gasteiger charge is -2.19. The Bertz CT molecular complexity index is 472. The van der Waals surface area contributed by atoms with Gasteiger partial charge in [0.2, 0.25) is 0 Å². The molecule has 0 saturated heterocycles. The number of aliphatic carboxylic acids is 1. The van der Waals surface area contributed by atoms with Crippen molar-refractivity contribution < 1.29 is 14.7 Å². The minimum absolute atomic E-state index is 0.0572. The van der Waals surface area contributed by atoms with Crippen molar-refractivity contribution in [2.45, 2.75) is 26.7 Å². The molecule has 0 spiro atoms. The third-order valence-electron chi connectivity index (χ3n) is 2.98. The number of rotatable bonds is 5. The molecule has 0 radical (unpaired) electrons. The number of carbonyl (C=O) groups excluding carboxylic acids is 1. The molecule has 5 nitrogen and oxygen atoms in total. The number of amides is 2. The monoisotopic (exact) mass is 264 g/mol. The van der Waals surface area contributed by atoms with Gasteiger partial charge in [-0.3, -0.25) is 4.79 Å². The minimum atomic E-state index is -0.912. The Kier molecular flexibility index (Phi) is 5.36. The first-order chi connectivity index (χ1) is 8.95. The van der Waals surface area contributed by atoms with Crippen molar-refractivity contribution in [1.29, 1.82) is 0 Å². The molecule has 19 heavy (non-hydrogen) atoms. The molecule has 0 aliphatic heterocycles. The Morgan fingerprint density at radius 2 is 2.05 bits per heavy atom. The van der Waals surface area contributed by atoms with Crippen LogP contribution in [0.1, 0.15) is 24.5 Å². The second-order valence-corrected chi connectivity index (χ2v) is 4.46. The molecule has 0 heterocycles. The van der Waals surface area contributed by atoms with Gasteiger partial charge in [0.1, 0.15) is 0 Å². The molecule has 104 valence electrons. The quantitative estimate of drug-likeness (QED) is 0.858. The molecule has 5 heteroatoms. The van der Waals surface area contributed by atoms with Gasteiger partial charge in [-0.1, -0.05) is 25.1 Å². The van der Waals surface area contributed by atoms with Gasteiger partial charge in [-0.05, 0) is 24.5 Å². The van der Waals surface area contributed by atoms with Gasteiger partial charge in [0.05, 0.1) is 6.42 Å². The van der Waals surface area contributed by atoms with E-state index in [1.54, 1.807) is 7.05 Å². The first kappa shape index (κ1) is 15.0. The molecule has 0 aromatic heterocycles. The maximum Gasteiger partial charge on any atom is 0.321 e. The number of carboxylic acids is 1. The maximum absolute atomic E-state index is 12.0. The zero-order valence-corrected chi connectivity index (χ0v) is 11.6. The standard InChI is InChI=1S/C14H20N2O3/c1-4-11-7-5-6-10(2)13(11)15-14(19)16(3)9-8-12(17)18/h5-7H,4,8-9H2,1-3H3,(H,15,19)(H,17,18). The van der Waals surface area contributed by atoms with Gasteiger partial charge in [0.25, 0.3) is 0 Å². The average Bonchev–Trinajstić information content (AvgIpc) is 2.37. The SMILES string of the molecule is CCc1cccc(C)c1NC(=O)N(C)CCC(=O)O. The van der Waals surface area contributed by atoms with E-state index in [-0.39, 0.29) is 19.0 Å². The summed E-state index contributed by atoms with van der Waals surface area (Å²) in [7, 11) is 1.59. The Morgan fingerprint density at radius 1 is 1.37 bits per heavy atom. The smallest absolute Gasteiger partial charge is 0.321 e. The molecular formula is C14H20N2O3. The molecule has 0 saturated carbocycles. The summed E-state index contributed by atoms with van der Waals surface area (Å²) >= 11 is 0. The predicted molar refractivity (Wildman–Crippen MR) is 74.5 cm³/mol. The minimum Gasteiger partial charge on any atom is -0.481 e. The van der Waals surface area contributed by atoms with E-state index in [4.69, 9.17) is 5.11 Å². The second kappa shape index (κ2) is 6.78. The third kappa shape index (κ3) is 4.28. The highest BCUT2D eigenvalue weighted by atomic mass is 16.4. The number of urea groups is 1. The van der Waals surface area contributed by atoms with Gasteiger partial charge in [-0.25, -0.2) is 4.79 Å². The van der Waals surface area contributed by atoms with Crippen molar-refractivity contribution in [3.8, 4) is 0 Å². The van der Waals surface area contributed by atoms with Crippen molar-refractivity contribution in [1.82, 2.24) is 4.90 Å². The topological polar surface area (TPSA) is 69.6 Å². The summed E-state index contributed by atoms with van der Waals surface area (Å²) in [4.78, 5) is 23.8. The molecule has 1 aromatic rings. The second-order valence-electron chi connectivity index (χ2n) is 4.46. The van der Waals surface area contributed by atoms with Crippen LogP contribution >= 0.6 is 0 Å². The number of benzene rings is 1. The summed E-state index contributed by atoms with van der Waals surface area (Å²) in [5, 5.41) is 11.4. The summed E-state index contributed by atoms with van der Waals surface area (Å²) in [5.41, 5.74) is 2.89. The molecule has 0 aliphatic rings. The van der Waals surface area contributed by atoms with Crippen molar-refractivity contribution in [3.05, 3.63) is 29.3 Å². The van der Waals surface area contributed by atoms with Gasteiger partial charge in [-0.15, -0.1) is 0 Å². The molecular weight excluding hydrogens is 244 g/mol. The van der Waals surface area contributed by atoms with Crippen LogP contribution in [0, 0.1) is 6.92 Å². The fourth-order valence-electron chi connectivity index (χ4n) is 1.77. The number of nitrogens with one attached hydrogen (secondary N) is 1. The van der Waals surface area contributed by atoms with Crippen molar-refractivity contribution in [2.75, 3.05) is 18.9 Å². The van der Waals surface area contributed by atoms with Gasteiger partial charge in [0.15, 0.2) is 0 Å². The van der Waals surface area contributed by atoms with E-state index in [0.29, 0.717) is 0 Å². The van der Waals surface area contributed by atoms with Crippen molar-refractivity contribution in [3.63, 3.8) is 0 Å². The highest BCUT2D eigenvalue weighted by molar-refractivity contribution is 5.91. The van der Waals surface area contributed by atoms with Crippen LogP contribution in [0.2, 0.25) is 0 Å². The van der Waals surface area contributed by atoms with Crippen LogP contribution in [-0.4, -0.2) is 35.6 Å². The van der Waals surface area contributed by atoms with Crippen LogP contribution in [0.5, 0.6) is 0 Å². The van der Waals surface area contributed by atoms with Crippen molar-refractivity contribution >= 4 is 17.7 Å². The first-order valence-electron chi connectivity index (χ1n) is 6.28. The van der Waals surface area contributed by atoms with E-state index >= 15 is 0 Å². The van der Waals surface area contributed by atoms with E-state index < -0.39 is 5.97 Å². The number of para-hydroxylation sites is 1. The number of nitrogens with zero attached hydrogens (tertiary/aromatic N) is 1. The molecule has 1 rings (SSSR count). The maximum atomic E-state index is 12.0. The average molecular weight is 264 g/mol. The van der Waals surface area contributed by atoms with E-state index in [1.165, 1.54) is 4.90 Å². The summed E-state index contributed by atoms with van der Waals surface area (Å²) in [5.74, 6) is -0.912. The number of carboxylic acid groups (broad SMARTS) is 1. The molecule has 0 fully saturated rings. The molecule has 2 N–H and O–H groups in total. The molecule has 0 atom stereocenters. The number of hydrogen-bond donors (Lipinski definition) is 2. The van der Waals surface area contributed by atoms with Gasteiger partial charge in [0, 0.05) is 19.3 Å². The molecule has 0 unspecified atom stereocenters. The zero-order chi connectivity index (χ0) is 14.4. The summed E-state index contributed by atoms with van der Waals surface area (Å²) in [6.45, 7) is 4.15. The Hall–Kier alpha value is -2.04. The fourth-order valence-corrected chi connectivity index (χ4v) is 1.77. The highest BCUT2D eigenvalue weighted by Gasteiger charge is 2.13. The highest BCUT2D eigenvalue weighted by Crippen LogP contribution is 2.21. The van der Waals surface area contributed by atoms with Crippen LogP contribution < -0.4 is 5.32 Å². The first-order valence-corrected chi connectivity index (χ1v) is 6.28. The third-order valence-corrected chi connectivity index (χ3v) is 2.98. The Balaban J connectivity index is 2.74. The van der Waals surface area contributed by atoms with Gasteiger partial charge >= 0.3 is 12.0 Å². The van der Waals surface area contributed by atoms with Crippen LogP contribution in [0.3, 0.4) is 0 Å². The summed E-state index contributed by atoms with van der Waals surface area (Å²) in [6.07, 6.45) is 0.772. The number of aryl methyl sites for hydroxylation is 2. The van der Waals surface area contributed by atoms with Crippen LogP contribution in [-0.2, 0) is 11.2 Å². The van der Waals surface area contributed by atoms with E-state index in [2.05, 4.69) is 5.32 Å². The predicted octanol–water partition coefficient (Wildman–Crippen LogP) is 2.50. The largest absolute Gasteiger partial charge is 0.481 e. The molecule has 0 bridgehead atoms. The van der Waals surface area contributed by atoms with E-state index in [0.717, 1.165) is 23.2 Å². The van der Waals surface area contributed by atoms with Crippen LogP contribution in [0.4, 0.5) is 10.5 Å². The molecule has 2 amide bonds. The Labute approximate surface area is 113 Å². The van der Waals surface area contributed by atoms with Gasteiger partial charge < -0.3 is 15.3 Å². The van der Waals surface area contributed by atoms with E-state index in [1.807, 2.05) is 32.0 Å². The lowest BCUT2D eigenvalue weighted by Crippen LogP contribution is -2.33. The fraction of sp³-hybridized carbons (Fsp3) is 0.429. The summed E-state index contributed by atoms with van der Waals surface area (Å²) < 4.78 is 0. The number of hydrogen-bond acceptors (Lipinski definition) is 2. The van der Waals surface area contributed by atoms with Crippen molar-refractivity contribution in [2.24, 2.45) is 0 Å². The van der Waals surface area contributed by atoms with Crippen LogP contribution in [0.25, 0.3) is 0 Å². The zero-order valence-electron chi connectivity index (χ0n) is 11.6. The van der Waals surface area contributed by atoms with Crippen LogP contribution in [0.15, 0.2) is 18.2 Å². The van der Waals surface area contributed by atoms with Gasteiger partial charge in [-0.2, -0.15) is 0 Å². The van der Waals surface area contributed by atoms with E-state index in [9.17, 15) is 9.59 Å². The Morgan fingerprint density at radius 3 is 2.63 bits per heavy atom.